The zero-order valence-corrected chi connectivity index (χ0v) is 22.4. The van der Waals surface area contributed by atoms with E-state index in [1.54, 1.807) is 36.7 Å². The number of halogens is 1. The Morgan fingerprint density at radius 2 is 1.93 bits per heavy atom. The number of aromatic nitrogens is 3. The maximum atomic E-state index is 14.3. The first kappa shape index (κ1) is 26.4. The third-order valence-corrected chi connectivity index (χ3v) is 7.48. The van der Waals surface area contributed by atoms with Crippen LogP contribution in [0.15, 0.2) is 60.9 Å². The van der Waals surface area contributed by atoms with Crippen molar-refractivity contribution in [1.82, 2.24) is 19.9 Å². The van der Waals surface area contributed by atoms with Crippen LogP contribution in [0.25, 0.3) is 22.0 Å². The molecule has 4 aromatic rings. The number of nitrogens with zero attached hydrogens (tertiary/aromatic N) is 4. The average Bonchev–Trinajstić information content (AvgIpc) is 3.74. The van der Waals surface area contributed by atoms with Gasteiger partial charge in [-0.2, -0.15) is 0 Å². The van der Waals surface area contributed by atoms with Crippen molar-refractivity contribution >= 4 is 34.4 Å². The summed E-state index contributed by atoms with van der Waals surface area (Å²) in [6.07, 6.45) is 4.37. The van der Waals surface area contributed by atoms with Crippen LogP contribution in [0.1, 0.15) is 31.2 Å². The van der Waals surface area contributed by atoms with Crippen LogP contribution < -0.4 is 15.4 Å². The van der Waals surface area contributed by atoms with Crippen LogP contribution in [0.3, 0.4) is 0 Å². The summed E-state index contributed by atoms with van der Waals surface area (Å²) in [7, 11) is 0. The molecular formula is C30H29FN6O4. The zero-order valence-electron chi connectivity index (χ0n) is 22.4. The Bertz CT molecular complexity index is 1640. The molecule has 1 aliphatic heterocycles. The van der Waals surface area contributed by atoms with Gasteiger partial charge in [-0.25, -0.2) is 24.1 Å². The van der Waals surface area contributed by atoms with Gasteiger partial charge in [0.2, 0.25) is 11.8 Å². The van der Waals surface area contributed by atoms with E-state index in [4.69, 9.17) is 4.74 Å². The Labute approximate surface area is 235 Å². The van der Waals surface area contributed by atoms with Gasteiger partial charge >= 0.3 is 6.09 Å². The van der Waals surface area contributed by atoms with E-state index in [-0.39, 0.29) is 18.9 Å². The lowest BCUT2D eigenvalue weighted by atomic mass is 10.0. The highest BCUT2D eigenvalue weighted by Gasteiger charge is 2.51. The molecule has 1 saturated heterocycles. The molecule has 3 N–H and O–H groups in total. The molecule has 0 radical (unpaired) electrons. The molecule has 41 heavy (non-hydrogen) atoms. The van der Waals surface area contributed by atoms with Crippen molar-refractivity contribution in [1.29, 1.82) is 0 Å². The van der Waals surface area contributed by atoms with Crippen LogP contribution in [0, 0.1) is 6.92 Å². The van der Waals surface area contributed by atoms with E-state index in [0.717, 1.165) is 29.2 Å². The second-order valence-electron chi connectivity index (χ2n) is 10.5. The molecule has 11 heteroatoms. The van der Waals surface area contributed by atoms with Gasteiger partial charge in [-0.3, -0.25) is 4.79 Å². The Morgan fingerprint density at radius 3 is 2.73 bits per heavy atom. The summed E-state index contributed by atoms with van der Waals surface area (Å²) in [5.74, 6) is 0.649. The number of hydrogen-bond donors (Lipinski definition) is 3. The van der Waals surface area contributed by atoms with Crippen molar-refractivity contribution < 1.29 is 23.8 Å². The minimum absolute atomic E-state index is 0.0973. The number of hydrogen-bond acceptors (Lipinski definition) is 7. The third-order valence-electron chi connectivity index (χ3n) is 7.48. The summed E-state index contributed by atoms with van der Waals surface area (Å²) in [4.78, 5) is 38.7. The van der Waals surface area contributed by atoms with Gasteiger partial charge in [0.1, 0.15) is 5.75 Å². The van der Waals surface area contributed by atoms with Crippen molar-refractivity contribution in [2.75, 3.05) is 23.7 Å². The van der Waals surface area contributed by atoms with Gasteiger partial charge in [-0.1, -0.05) is 24.3 Å². The topological polar surface area (TPSA) is 130 Å². The van der Waals surface area contributed by atoms with E-state index in [9.17, 15) is 19.1 Å². The predicted molar refractivity (Wildman–Crippen MR) is 152 cm³/mol. The van der Waals surface area contributed by atoms with Crippen LogP contribution in [-0.4, -0.2) is 61.8 Å². The minimum Gasteiger partial charge on any atom is -0.465 e. The molecule has 6 rings (SSSR count). The number of nitrogens with one attached hydrogen (secondary N) is 2. The minimum atomic E-state index is -1.78. The number of likely N-dealkylation sites (tertiary alicyclic amines) is 1. The van der Waals surface area contributed by atoms with Gasteiger partial charge in [0.25, 0.3) is 5.91 Å². The van der Waals surface area contributed by atoms with Crippen LogP contribution in [0.5, 0.6) is 11.6 Å². The number of fused-ring (bicyclic) bond motifs is 1. The number of amides is 2. The molecule has 3 heterocycles. The number of aryl methyl sites for hydroxylation is 1. The number of alkyl halides is 1. The van der Waals surface area contributed by atoms with Gasteiger partial charge in [-0.15, -0.1) is 0 Å². The Morgan fingerprint density at radius 1 is 1.07 bits per heavy atom. The van der Waals surface area contributed by atoms with Crippen molar-refractivity contribution in [3.63, 3.8) is 0 Å². The number of carbonyl (C=O) groups excluding carboxylic acids is 1. The van der Waals surface area contributed by atoms with Gasteiger partial charge in [0, 0.05) is 48.0 Å². The standard InChI is InChI=1S/C30H29FN6O4/c1-18-9-10-20-21(6-2-8-23(20)35-27(38)30(31)12-13-30)25(18)41-26-22(7-3-14-32-26)24-11-15-33-28(36-24)34-19-5-4-16-37(17-19)29(39)40/h2-3,6-11,14-15,19H,4-5,12-13,16-17H2,1H3,(H,35,38)(H,39,40)(H,33,34,36). The number of anilines is 2. The molecule has 1 aliphatic carbocycles. The second-order valence-corrected chi connectivity index (χ2v) is 10.5. The van der Waals surface area contributed by atoms with E-state index in [1.165, 1.54) is 4.90 Å². The number of ether oxygens (including phenoxy) is 1. The maximum absolute atomic E-state index is 14.3. The normalized spacial score (nSPS) is 17.6. The van der Waals surface area contributed by atoms with Gasteiger partial charge in [-0.05, 0) is 62.4 Å². The van der Waals surface area contributed by atoms with Crippen molar-refractivity contribution in [3.05, 3.63) is 66.5 Å². The average molecular weight is 557 g/mol. The molecular weight excluding hydrogens is 527 g/mol. The monoisotopic (exact) mass is 556 g/mol. The first-order valence-electron chi connectivity index (χ1n) is 13.5. The molecule has 2 amide bonds. The van der Waals surface area contributed by atoms with Crippen LogP contribution >= 0.6 is 0 Å². The lowest BCUT2D eigenvalue weighted by molar-refractivity contribution is -0.122. The van der Waals surface area contributed by atoms with Gasteiger partial charge < -0.3 is 25.4 Å². The first-order valence-corrected chi connectivity index (χ1v) is 13.5. The quantitative estimate of drug-likeness (QED) is 0.261. The lowest BCUT2D eigenvalue weighted by Crippen LogP contribution is -2.44. The van der Waals surface area contributed by atoms with Crippen LogP contribution in [0.2, 0.25) is 0 Å². The number of rotatable bonds is 7. The first-order chi connectivity index (χ1) is 19.8. The van der Waals surface area contributed by atoms with E-state index in [1.807, 2.05) is 31.2 Å². The third kappa shape index (κ3) is 5.47. The van der Waals surface area contributed by atoms with Crippen LogP contribution in [-0.2, 0) is 4.79 Å². The second kappa shape index (κ2) is 10.6. The van der Waals surface area contributed by atoms with Gasteiger partial charge in [0.05, 0.1) is 11.3 Å². The Kier molecular flexibility index (Phi) is 6.86. The van der Waals surface area contributed by atoms with E-state index in [0.29, 0.717) is 47.6 Å². The Hall–Kier alpha value is -4.80. The summed E-state index contributed by atoms with van der Waals surface area (Å²) in [5.41, 5.74) is 0.806. The van der Waals surface area contributed by atoms with Gasteiger partial charge in [0.15, 0.2) is 5.67 Å². The molecule has 0 bridgehead atoms. The summed E-state index contributed by atoms with van der Waals surface area (Å²) in [5, 5.41) is 16.8. The highest BCUT2D eigenvalue weighted by Crippen LogP contribution is 2.42. The molecule has 2 aliphatic rings. The molecule has 0 spiro atoms. The molecule has 1 atom stereocenters. The van der Waals surface area contributed by atoms with E-state index >= 15 is 0 Å². The van der Waals surface area contributed by atoms with Crippen molar-refractivity contribution in [2.24, 2.45) is 0 Å². The number of carbonyl (C=O) groups is 2. The highest BCUT2D eigenvalue weighted by molar-refractivity contribution is 6.07. The van der Waals surface area contributed by atoms with E-state index in [2.05, 4.69) is 25.6 Å². The number of carboxylic acid groups (broad SMARTS) is 1. The number of benzene rings is 2. The van der Waals surface area contributed by atoms with E-state index < -0.39 is 17.7 Å². The Balaban J connectivity index is 1.29. The molecule has 210 valence electrons. The fourth-order valence-corrected chi connectivity index (χ4v) is 5.05. The number of pyridine rings is 1. The van der Waals surface area contributed by atoms with Crippen LogP contribution in [0.4, 0.5) is 20.8 Å². The van der Waals surface area contributed by atoms with Crippen molar-refractivity contribution in [3.8, 4) is 22.9 Å². The summed E-state index contributed by atoms with van der Waals surface area (Å²) in [6.45, 7) is 2.79. The predicted octanol–water partition coefficient (Wildman–Crippen LogP) is 5.79. The highest BCUT2D eigenvalue weighted by atomic mass is 19.1. The molecule has 2 fully saturated rings. The summed E-state index contributed by atoms with van der Waals surface area (Å²) >= 11 is 0. The molecule has 1 saturated carbocycles. The molecule has 2 aromatic heterocycles. The molecule has 10 nitrogen and oxygen atoms in total. The maximum Gasteiger partial charge on any atom is 0.407 e. The fourth-order valence-electron chi connectivity index (χ4n) is 5.05. The SMILES string of the molecule is Cc1ccc2c(NC(=O)C3(F)CC3)cccc2c1Oc1ncccc1-c1ccnc(NC2CCCN(C(=O)O)C2)n1. The fraction of sp³-hybridized carbons (Fsp3) is 0.300. The molecule has 1 unspecified atom stereocenters. The smallest absolute Gasteiger partial charge is 0.407 e. The summed E-state index contributed by atoms with van der Waals surface area (Å²) in [6, 6.07) is 14.5. The lowest BCUT2D eigenvalue weighted by Gasteiger charge is -2.31. The number of piperidine rings is 1. The van der Waals surface area contributed by atoms with Crippen molar-refractivity contribution in [2.45, 2.75) is 44.3 Å². The summed E-state index contributed by atoms with van der Waals surface area (Å²) < 4.78 is 20.8. The largest absolute Gasteiger partial charge is 0.465 e. The zero-order chi connectivity index (χ0) is 28.6. The molecule has 2 aromatic carbocycles.